The number of hydrogen-bond acceptors (Lipinski definition) is 7. The van der Waals surface area contributed by atoms with E-state index >= 15 is 0 Å². The molecule has 1 aliphatic rings. The van der Waals surface area contributed by atoms with Crippen molar-refractivity contribution in [3.63, 3.8) is 0 Å². The van der Waals surface area contributed by atoms with E-state index in [0.717, 1.165) is 42.0 Å². The van der Waals surface area contributed by atoms with Gasteiger partial charge in [0.15, 0.2) is 0 Å². The number of carboxylic acid groups (broad SMARTS) is 2. The van der Waals surface area contributed by atoms with E-state index in [4.69, 9.17) is 5.11 Å². The van der Waals surface area contributed by atoms with Gasteiger partial charge in [-0.2, -0.15) is 11.8 Å². The second-order valence-corrected chi connectivity index (χ2v) is 9.75. The summed E-state index contributed by atoms with van der Waals surface area (Å²) in [6.07, 6.45) is 0. The van der Waals surface area contributed by atoms with E-state index in [1.54, 1.807) is 17.8 Å². The number of nitrogens with one attached hydrogen (secondary N) is 1. The van der Waals surface area contributed by atoms with Gasteiger partial charge in [0.2, 0.25) is 0 Å². The summed E-state index contributed by atoms with van der Waals surface area (Å²) in [5.41, 5.74) is 0.548. The molecule has 1 aromatic carbocycles. The predicted octanol–water partition coefficient (Wildman–Crippen LogP) is 2.50. The van der Waals surface area contributed by atoms with Gasteiger partial charge >= 0.3 is 11.9 Å². The van der Waals surface area contributed by atoms with Crippen LogP contribution in [-0.2, 0) is 10.0 Å². The summed E-state index contributed by atoms with van der Waals surface area (Å²) in [6.45, 7) is 1.45. The average Bonchev–Trinajstić information content (AvgIpc) is 3.13. The Morgan fingerprint density at radius 1 is 1.07 bits per heavy atom. The van der Waals surface area contributed by atoms with Crippen LogP contribution in [0.2, 0.25) is 0 Å². The van der Waals surface area contributed by atoms with E-state index < -0.39 is 22.0 Å². The second kappa shape index (κ2) is 7.79. The number of benzene rings is 1. The van der Waals surface area contributed by atoms with Crippen LogP contribution in [-0.4, -0.2) is 55.2 Å². The number of aromatic carboxylic acids is 2. The van der Waals surface area contributed by atoms with Crippen LogP contribution in [0, 0.1) is 0 Å². The molecule has 0 radical (unpaired) electrons. The summed E-state index contributed by atoms with van der Waals surface area (Å²) in [6, 6.07) is 5.44. The zero-order valence-corrected chi connectivity index (χ0v) is 16.4. The Morgan fingerprint density at radius 2 is 1.78 bits per heavy atom. The SMILES string of the molecule is O=C(O)c1csc(S(=O)(=O)Nc2ccc(N3CCSCC3)c(C(=O)O)c2)c1. The van der Waals surface area contributed by atoms with Gasteiger partial charge in [-0.25, -0.2) is 18.0 Å². The number of carbonyl (C=O) groups is 2. The lowest BCUT2D eigenvalue weighted by Gasteiger charge is -2.29. The number of anilines is 2. The molecule has 3 N–H and O–H groups in total. The first-order valence-electron chi connectivity index (χ1n) is 7.82. The van der Waals surface area contributed by atoms with Crippen LogP contribution < -0.4 is 9.62 Å². The smallest absolute Gasteiger partial charge is 0.337 e. The Kier molecular flexibility index (Phi) is 5.63. The van der Waals surface area contributed by atoms with Gasteiger partial charge < -0.3 is 15.1 Å². The summed E-state index contributed by atoms with van der Waals surface area (Å²) in [5, 5.41) is 19.7. The van der Waals surface area contributed by atoms with Crippen LogP contribution >= 0.6 is 23.1 Å². The molecule has 8 nitrogen and oxygen atoms in total. The van der Waals surface area contributed by atoms with Crippen molar-refractivity contribution in [3.8, 4) is 0 Å². The lowest BCUT2D eigenvalue weighted by atomic mass is 10.1. The van der Waals surface area contributed by atoms with Crippen LogP contribution in [0.1, 0.15) is 20.7 Å². The normalized spacial score (nSPS) is 14.7. The maximum atomic E-state index is 12.5. The van der Waals surface area contributed by atoms with Crippen LogP contribution in [0.4, 0.5) is 11.4 Å². The molecule has 0 saturated carbocycles. The lowest BCUT2D eigenvalue weighted by molar-refractivity contribution is 0.0686. The number of carboxylic acids is 2. The first-order chi connectivity index (χ1) is 12.8. The van der Waals surface area contributed by atoms with Crippen molar-refractivity contribution in [2.24, 2.45) is 0 Å². The van der Waals surface area contributed by atoms with Gasteiger partial charge in [0, 0.05) is 35.7 Å². The maximum Gasteiger partial charge on any atom is 0.337 e. The molecule has 144 valence electrons. The second-order valence-electron chi connectivity index (χ2n) is 5.70. The summed E-state index contributed by atoms with van der Waals surface area (Å²) >= 11 is 2.58. The Hall–Kier alpha value is -2.24. The number of thiophene rings is 1. The Bertz CT molecular complexity index is 980. The van der Waals surface area contributed by atoms with Gasteiger partial charge in [-0.15, -0.1) is 11.3 Å². The minimum absolute atomic E-state index is 0.0134. The highest BCUT2D eigenvalue weighted by Crippen LogP contribution is 2.29. The lowest BCUT2D eigenvalue weighted by Crippen LogP contribution is -2.33. The molecule has 0 amide bonds. The Balaban J connectivity index is 1.89. The van der Waals surface area contributed by atoms with Gasteiger partial charge in [0.05, 0.1) is 16.8 Å². The standard InChI is InChI=1S/C16H16N2O6S3/c19-15(20)10-7-14(26-9-10)27(23,24)17-11-1-2-13(12(8-11)16(21)22)18-3-5-25-6-4-18/h1-2,7-9,17H,3-6H2,(H,19,20)(H,21,22). The van der Waals surface area contributed by atoms with Crippen molar-refractivity contribution in [1.29, 1.82) is 0 Å². The van der Waals surface area contributed by atoms with Crippen molar-refractivity contribution in [1.82, 2.24) is 0 Å². The van der Waals surface area contributed by atoms with Crippen LogP contribution in [0.3, 0.4) is 0 Å². The molecule has 0 spiro atoms. The Labute approximate surface area is 163 Å². The van der Waals surface area contributed by atoms with E-state index in [1.807, 2.05) is 4.90 Å². The van der Waals surface area contributed by atoms with Crippen molar-refractivity contribution >= 4 is 56.4 Å². The summed E-state index contributed by atoms with van der Waals surface area (Å²) in [7, 11) is -4.01. The highest BCUT2D eigenvalue weighted by molar-refractivity contribution is 7.99. The highest BCUT2D eigenvalue weighted by atomic mass is 32.2. The molecule has 0 atom stereocenters. The third-order valence-corrected chi connectivity index (χ3v) is 7.68. The van der Waals surface area contributed by atoms with E-state index in [1.165, 1.54) is 17.5 Å². The van der Waals surface area contributed by atoms with Crippen molar-refractivity contribution in [3.05, 3.63) is 40.8 Å². The maximum absolute atomic E-state index is 12.5. The monoisotopic (exact) mass is 428 g/mol. The van der Waals surface area contributed by atoms with Crippen LogP contribution in [0.15, 0.2) is 33.9 Å². The molecule has 1 saturated heterocycles. The molecule has 0 aliphatic carbocycles. The molecule has 0 unspecified atom stereocenters. The molecule has 1 fully saturated rings. The molecular weight excluding hydrogens is 412 g/mol. The molecule has 27 heavy (non-hydrogen) atoms. The van der Waals surface area contributed by atoms with Gasteiger partial charge in [-0.1, -0.05) is 0 Å². The third kappa shape index (κ3) is 4.37. The summed E-state index contributed by atoms with van der Waals surface area (Å²) < 4.78 is 27.1. The fourth-order valence-electron chi connectivity index (χ4n) is 2.63. The first kappa shape index (κ1) is 19.5. The molecule has 3 rings (SSSR count). The van der Waals surface area contributed by atoms with E-state index in [-0.39, 0.29) is 21.0 Å². The molecule has 2 heterocycles. The molecular formula is C16H16N2O6S3. The molecule has 11 heteroatoms. The van der Waals surface area contributed by atoms with Gasteiger partial charge in [-0.05, 0) is 24.3 Å². The zero-order chi connectivity index (χ0) is 19.6. The van der Waals surface area contributed by atoms with Gasteiger partial charge in [0.1, 0.15) is 4.21 Å². The zero-order valence-electron chi connectivity index (χ0n) is 13.9. The van der Waals surface area contributed by atoms with E-state index in [0.29, 0.717) is 5.69 Å². The summed E-state index contributed by atoms with van der Waals surface area (Å²) in [4.78, 5) is 24.6. The van der Waals surface area contributed by atoms with Crippen molar-refractivity contribution in [2.75, 3.05) is 34.2 Å². The summed E-state index contributed by atoms with van der Waals surface area (Å²) in [5.74, 6) is -0.561. The number of rotatable bonds is 6. The van der Waals surface area contributed by atoms with Crippen molar-refractivity contribution in [2.45, 2.75) is 4.21 Å². The fraction of sp³-hybridized carbons (Fsp3) is 0.250. The Morgan fingerprint density at radius 3 is 2.37 bits per heavy atom. The van der Waals surface area contributed by atoms with Crippen LogP contribution in [0.5, 0.6) is 0 Å². The highest BCUT2D eigenvalue weighted by Gasteiger charge is 2.22. The third-order valence-electron chi connectivity index (χ3n) is 3.92. The number of sulfonamides is 1. The topological polar surface area (TPSA) is 124 Å². The quantitative estimate of drug-likeness (QED) is 0.641. The number of hydrogen-bond donors (Lipinski definition) is 3. The molecule has 0 bridgehead atoms. The minimum atomic E-state index is -4.01. The van der Waals surface area contributed by atoms with Crippen molar-refractivity contribution < 1.29 is 28.2 Å². The minimum Gasteiger partial charge on any atom is -0.478 e. The first-order valence-corrected chi connectivity index (χ1v) is 11.3. The average molecular weight is 429 g/mol. The largest absolute Gasteiger partial charge is 0.478 e. The van der Waals surface area contributed by atoms with Gasteiger partial charge in [-0.3, -0.25) is 4.72 Å². The number of thioether (sulfide) groups is 1. The molecule has 2 aromatic rings. The van der Waals surface area contributed by atoms with Crippen LogP contribution in [0.25, 0.3) is 0 Å². The van der Waals surface area contributed by atoms with E-state index in [2.05, 4.69) is 4.72 Å². The van der Waals surface area contributed by atoms with E-state index in [9.17, 15) is 23.1 Å². The molecule has 1 aliphatic heterocycles. The number of nitrogens with zero attached hydrogens (tertiary/aromatic N) is 1. The fourth-order valence-corrected chi connectivity index (χ4v) is 5.73. The van der Waals surface area contributed by atoms with Gasteiger partial charge in [0.25, 0.3) is 10.0 Å². The predicted molar refractivity (Wildman–Crippen MR) is 105 cm³/mol. The molecule has 1 aromatic heterocycles.